The lowest BCUT2D eigenvalue weighted by atomic mass is 10.1. The molecule has 0 bridgehead atoms. The van der Waals surface area contributed by atoms with E-state index in [4.69, 9.17) is 20.4 Å². The standard InChI is InChI=1S/C24H23FN6O2/c1-33-20-12-18-16(21(26)32)7-3-9-19(18)31(20)24-29-22-17(8-4-10-27-22)23(30-24)28-13-14-5-2-6-15(25)11-14/h2-3,5-7,9,11-12H,4,8,10,13H2,1H3,(H2,26,32)(H2,27,28,29,30). The number of carbonyl (C=O) groups is 1. The summed E-state index contributed by atoms with van der Waals surface area (Å²) in [6.45, 7) is 1.22. The first kappa shape index (κ1) is 20.7. The first-order chi connectivity index (χ1) is 16.0. The Morgan fingerprint density at radius 2 is 2.09 bits per heavy atom. The number of hydrogen-bond acceptors (Lipinski definition) is 6. The quantitative estimate of drug-likeness (QED) is 0.418. The number of halogens is 1. The fourth-order valence-corrected chi connectivity index (χ4v) is 4.18. The van der Waals surface area contributed by atoms with Gasteiger partial charge in [-0.2, -0.15) is 9.97 Å². The number of nitrogens with zero attached hydrogens (tertiary/aromatic N) is 3. The van der Waals surface area contributed by atoms with Crippen molar-refractivity contribution in [1.82, 2.24) is 14.5 Å². The normalized spacial score (nSPS) is 12.8. The Bertz CT molecular complexity index is 1370. The fourth-order valence-electron chi connectivity index (χ4n) is 4.18. The van der Waals surface area contributed by atoms with Crippen LogP contribution < -0.4 is 21.1 Å². The van der Waals surface area contributed by atoms with Crippen LogP contribution in [-0.2, 0) is 13.0 Å². The number of amides is 1. The number of carbonyl (C=O) groups excluding carboxylic acids is 1. The summed E-state index contributed by atoms with van der Waals surface area (Å²) in [5.74, 6) is 1.47. The Morgan fingerprint density at radius 3 is 2.88 bits per heavy atom. The van der Waals surface area contributed by atoms with Crippen LogP contribution in [0.5, 0.6) is 5.88 Å². The van der Waals surface area contributed by atoms with Gasteiger partial charge in [0.25, 0.3) is 0 Å². The van der Waals surface area contributed by atoms with Gasteiger partial charge in [0, 0.05) is 35.7 Å². The molecule has 3 heterocycles. The third kappa shape index (κ3) is 3.82. The smallest absolute Gasteiger partial charge is 0.249 e. The van der Waals surface area contributed by atoms with Crippen LogP contribution in [0.15, 0.2) is 48.5 Å². The third-order valence-electron chi connectivity index (χ3n) is 5.73. The first-order valence-electron chi connectivity index (χ1n) is 10.7. The molecule has 2 aromatic heterocycles. The van der Waals surface area contributed by atoms with Gasteiger partial charge in [0.1, 0.15) is 17.5 Å². The fraction of sp³-hybridized carbons (Fsp3) is 0.208. The van der Waals surface area contributed by atoms with Crippen molar-refractivity contribution in [1.29, 1.82) is 0 Å². The molecule has 1 aliphatic heterocycles. The highest BCUT2D eigenvalue weighted by atomic mass is 19.1. The number of primary amides is 1. The van der Waals surface area contributed by atoms with Crippen molar-refractivity contribution in [2.45, 2.75) is 19.4 Å². The number of methoxy groups -OCH3 is 1. The highest BCUT2D eigenvalue weighted by Crippen LogP contribution is 2.33. The molecule has 0 atom stereocenters. The minimum Gasteiger partial charge on any atom is -0.482 e. The van der Waals surface area contributed by atoms with Gasteiger partial charge in [-0.3, -0.25) is 4.79 Å². The zero-order valence-corrected chi connectivity index (χ0v) is 18.1. The highest BCUT2D eigenvalue weighted by Gasteiger charge is 2.22. The molecular weight excluding hydrogens is 423 g/mol. The number of nitrogens with two attached hydrogens (primary N) is 1. The summed E-state index contributed by atoms with van der Waals surface area (Å²) in [5.41, 5.74) is 8.46. The Kier molecular flexibility index (Phi) is 5.29. The van der Waals surface area contributed by atoms with E-state index in [1.54, 1.807) is 35.9 Å². The van der Waals surface area contributed by atoms with Crippen molar-refractivity contribution in [3.8, 4) is 11.8 Å². The second-order valence-corrected chi connectivity index (χ2v) is 7.84. The molecule has 8 nitrogen and oxygen atoms in total. The Labute approximate surface area is 189 Å². The second kappa shape index (κ2) is 8.42. The van der Waals surface area contributed by atoms with Crippen molar-refractivity contribution >= 4 is 28.4 Å². The molecule has 0 radical (unpaired) electrons. The SMILES string of the molecule is COc1cc2c(C(N)=O)cccc2n1-c1nc2c(c(NCc3cccc(F)c3)n1)CCCN2. The van der Waals surface area contributed by atoms with Gasteiger partial charge in [0.2, 0.25) is 17.7 Å². The van der Waals surface area contributed by atoms with E-state index >= 15 is 0 Å². The van der Waals surface area contributed by atoms with E-state index in [2.05, 4.69) is 10.6 Å². The number of fused-ring (bicyclic) bond motifs is 2. The van der Waals surface area contributed by atoms with E-state index in [1.807, 2.05) is 12.1 Å². The predicted octanol–water partition coefficient (Wildman–Crippen LogP) is 3.64. The van der Waals surface area contributed by atoms with Crippen molar-refractivity contribution in [3.05, 3.63) is 71.0 Å². The number of rotatable bonds is 6. The van der Waals surface area contributed by atoms with Crippen molar-refractivity contribution in [2.75, 3.05) is 24.3 Å². The summed E-state index contributed by atoms with van der Waals surface area (Å²) in [6, 6.07) is 13.5. The van der Waals surface area contributed by atoms with Gasteiger partial charge < -0.3 is 21.1 Å². The summed E-state index contributed by atoms with van der Waals surface area (Å²) in [7, 11) is 1.55. The monoisotopic (exact) mass is 446 g/mol. The molecule has 33 heavy (non-hydrogen) atoms. The lowest BCUT2D eigenvalue weighted by Gasteiger charge is -2.22. The molecule has 5 rings (SSSR count). The van der Waals surface area contributed by atoms with Gasteiger partial charge in [-0.05, 0) is 42.7 Å². The van der Waals surface area contributed by atoms with Gasteiger partial charge in [-0.25, -0.2) is 8.96 Å². The minimum atomic E-state index is -0.522. The number of ether oxygens (including phenoxy) is 1. The summed E-state index contributed by atoms with van der Waals surface area (Å²) >= 11 is 0. The summed E-state index contributed by atoms with van der Waals surface area (Å²) in [5, 5.41) is 7.35. The van der Waals surface area contributed by atoms with Crippen LogP contribution in [0.3, 0.4) is 0 Å². The minimum absolute atomic E-state index is 0.282. The van der Waals surface area contributed by atoms with E-state index in [1.165, 1.54) is 12.1 Å². The number of aromatic nitrogens is 3. The molecule has 0 fully saturated rings. The molecule has 1 aliphatic rings. The predicted molar refractivity (Wildman–Crippen MR) is 124 cm³/mol. The van der Waals surface area contributed by atoms with Crippen LogP contribution in [0.2, 0.25) is 0 Å². The topological polar surface area (TPSA) is 107 Å². The van der Waals surface area contributed by atoms with Crippen molar-refractivity contribution in [3.63, 3.8) is 0 Å². The highest BCUT2D eigenvalue weighted by molar-refractivity contribution is 6.06. The van der Waals surface area contributed by atoms with Crippen LogP contribution in [0, 0.1) is 5.82 Å². The van der Waals surface area contributed by atoms with E-state index in [0.29, 0.717) is 40.7 Å². The summed E-state index contributed by atoms with van der Waals surface area (Å²) in [6.07, 6.45) is 1.78. The van der Waals surface area contributed by atoms with Crippen LogP contribution in [-0.4, -0.2) is 34.1 Å². The first-order valence-corrected chi connectivity index (χ1v) is 10.7. The number of benzene rings is 2. The van der Waals surface area contributed by atoms with Crippen LogP contribution in [0.1, 0.15) is 27.9 Å². The Morgan fingerprint density at radius 1 is 1.24 bits per heavy atom. The maximum atomic E-state index is 13.6. The molecule has 9 heteroatoms. The molecular formula is C24H23FN6O2. The maximum absolute atomic E-state index is 13.6. The summed E-state index contributed by atoms with van der Waals surface area (Å²) < 4.78 is 21.0. The van der Waals surface area contributed by atoms with Gasteiger partial charge in [-0.15, -0.1) is 0 Å². The van der Waals surface area contributed by atoms with E-state index in [9.17, 15) is 9.18 Å². The Hall–Kier alpha value is -4.14. The lowest BCUT2D eigenvalue weighted by Crippen LogP contribution is -2.19. The molecule has 0 aliphatic carbocycles. The van der Waals surface area contributed by atoms with E-state index in [0.717, 1.165) is 36.3 Å². The molecule has 0 unspecified atom stereocenters. The average Bonchev–Trinajstić information content (AvgIpc) is 3.21. The molecule has 4 aromatic rings. The molecule has 168 valence electrons. The largest absolute Gasteiger partial charge is 0.482 e. The molecule has 2 aromatic carbocycles. The Balaban J connectivity index is 1.63. The van der Waals surface area contributed by atoms with Gasteiger partial charge in [0.15, 0.2) is 0 Å². The van der Waals surface area contributed by atoms with Gasteiger partial charge in [0.05, 0.1) is 12.6 Å². The molecule has 1 amide bonds. The molecule has 0 spiro atoms. The van der Waals surface area contributed by atoms with Gasteiger partial charge >= 0.3 is 0 Å². The van der Waals surface area contributed by atoms with Crippen LogP contribution in [0.25, 0.3) is 16.9 Å². The molecule has 0 saturated carbocycles. The zero-order valence-electron chi connectivity index (χ0n) is 18.1. The van der Waals surface area contributed by atoms with E-state index < -0.39 is 5.91 Å². The van der Waals surface area contributed by atoms with Crippen LogP contribution in [0.4, 0.5) is 16.0 Å². The number of anilines is 2. The maximum Gasteiger partial charge on any atom is 0.249 e. The second-order valence-electron chi connectivity index (χ2n) is 7.84. The van der Waals surface area contributed by atoms with E-state index in [-0.39, 0.29) is 5.82 Å². The number of nitrogens with one attached hydrogen (secondary N) is 2. The zero-order chi connectivity index (χ0) is 22.9. The average molecular weight is 446 g/mol. The van der Waals surface area contributed by atoms with Gasteiger partial charge in [-0.1, -0.05) is 18.2 Å². The summed E-state index contributed by atoms with van der Waals surface area (Å²) in [4.78, 5) is 21.5. The number of hydrogen-bond donors (Lipinski definition) is 3. The van der Waals surface area contributed by atoms with Crippen molar-refractivity contribution < 1.29 is 13.9 Å². The lowest BCUT2D eigenvalue weighted by molar-refractivity contribution is 0.100. The van der Waals surface area contributed by atoms with Crippen LogP contribution >= 0.6 is 0 Å². The van der Waals surface area contributed by atoms with Crippen molar-refractivity contribution in [2.24, 2.45) is 5.73 Å². The molecule has 0 saturated heterocycles. The molecule has 4 N–H and O–H groups in total. The third-order valence-corrected chi connectivity index (χ3v) is 5.73.